The SMILES string of the molecule is O=C(NCCOc1ccc2nnc(-c3ccccc3)n2n1)c1ccccc1. The van der Waals surface area contributed by atoms with Crippen molar-refractivity contribution in [2.75, 3.05) is 13.2 Å². The predicted octanol–water partition coefficient (Wildman–Crippen LogP) is 2.60. The summed E-state index contributed by atoms with van der Waals surface area (Å²) < 4.78 is 7.30. The van der Waals surface area contributed by atoms with E-state index in [-0.39, 0.29) is 5.91 Å². The van der Waals surface area contributed by atoms with Gasteiger partial charge in [0.1, 0.15) is 6.61 Å². The summed E-state index contributed by atoms with van der Waals surface area (Å²) in [4.78, 5) is 12.0. The first-order valence-corrected chi connectivity index (χ1v) is 8.55. The molecule has 0 saturated heterocycles. The summed E-state index contributed by atoms with van der Waals surface area (Å²) in [7, 11) is 0. The second-order valence-electron chi connectivity index (χ2n) is 5.80. The Morgan fingerprint density at radius 2 is 1.67 bits per heavy atom. The number of rotatable bonds is 6. The normalized spacial score (nSPS) is 10.7. The second-order valence-corrected chi connectivity index (χ2v) is 5.80. The summed E-state index contributed by atoms with van der Waals surface area (Å²) in [5.41, 5.74) is 2.18. The molecule has 1 amide bonds. The minimum absolute atomic E-state index is 0.132. The van der Waals surface area contributed by atoms with Crippen LogP contribution in [0.4, 0.5) is 0 Å². The molecule has 1 N–H and O–H groups in total. The average Bonchev–Trinajstić information content (AvgIpc) is 3.15. The third-order valence-corrected chi connectivity index (χ3v) is 3.94. The minimum atomic E-state index is -0.132. The lowest BCUT2D eigenvalue weighted by Gasteiger charge is -2.07. The van der Waals surface area contributed by atoms with Crippen LogP contribution >= 0.6 is 0 Å². The van der Waals surface area contributed by atoms with E-state index in [1.54, 1.807) is 28.8 Å². The summed E-state index contributed by atoms with van der Waals surface area (Å²) in [5.74, 6) is 0.953. The van der Waals surface area contributed by atoms with Gasteiger partial charge in [-0.25, -0.2) is 0 Å². The molecule has 2 heterocycles. The third-order valence-electron chi connectivity index (χ3n) is 3.94. The first-order chi connectivity index (χ1) is 13.3. The molecule has 2 aromatic heterocycles. The maximum Gasteiger partial charge on any atom is 0.251 e. The van der Waals surface area contributed by atoms with Crippen molar-refractivity contribution in [3.05, 3.63) is 78.4 Å². The van der Waals surface area contributed by atoms with Gasteiger partial charge in [-0.3, -0.25) is 4.79 Å². The van der Waals surface area contributed by atoms with Crippen LogP contribution in [0.5, 0.6) is 5.88 Å². The Morgan fingerprint density at radius 3 is 2.44 bits per heavy atom. The van der Waals surface area contributed by atoms with Gasteiger partial charge in [0, 0.05) is 17.2 Å². The van der Waals surface area contributed by atoms with E-state index in [4.69, 9.17) is 4.74 Å². The van der Waals surface area contributed by atoms with Crippen LogP contribution in [0.2, 0.25) is 0 Å². The van der Waals surface area contributed by atoms with Crippen LogP contribution in [0.25, 0.3) is 17.0 Å². The topological polar surface area (TPSA) is 81.4 Å². The van der Waals surface area contributed by atoms with Crippen LogP contribution in [-0.4, -0.2) is 38.9 Å². The first kappa shape index (κ1) is 16.7. The summed E-state index contributed by atoms with van der Waals surface area (Å²) in [6, 6.07) is 22.3. The fourth-order valence-electron chi connectivity index (χ4n) is 2.63. The Morgan fingerprint density at radius 1 is 0.926 bits per heavy atom. The van der Waals surface area contributed by atoms with Gasteiger partial charge in [-0.1, -0.05) is 48.5 Å². The van der Waals surface area contributed by atoms with Gasteiger partial charge in [-0.05, 0) is 18.2 Å². The van der Waals surface area contributed by atoms with Crippen molar-refractivity contribution in [1.82, 2.24) is 25.1 Å². The van der Waals surface area contributed by atoms with Gasteiger partial charge in [-0.15, -0.1) is 15.3 Å². The Kier molecular flexibility index (Phi) is 4.74. The quantitative estimate of drug-likeness (QED) is 0.535. The molecule has 0 fully saturated rings. The summed E-state index contributed by atoms with van der Waals surface area (Å²) in [6.07, 6.45) is 0. The fourth-order valence-corrected chi connectivity index (χ4v) is 2.63. The van der Waals surface area contributed by atoms with Gasteiger partial charge in [0.2, 0.25) is 5.88 Å². The molecule has 4 aromatic rings. The molecule has 134 valence electrons. The number of amides is 1. The Hall–Kier alpha value is -3.74. The Bertz CT molecular complexity index is 1050. The molecule has 0 aliphatic rings. The van der Waals surface area contributed by atoms with Crippen LogP contribution in [-0.2, 0) is 0 Å². The van der Waals surface area contributed by atoms with Gasteiger partial charge >= 0.3 is 0 Å². The molecule has 2 aromatic carbocycles. The zero-order valence-corrected chi connectivity index (χ0v) is 14.4. The molecule has 0 atom stereocenters. The lowest BCUT2D eigenvalue weighted by molar-refractivity contribution is 0.0946. The molecule has 27 heavy (non-hydrogen) atoms. The van der Waals surface area contributed by atoms with E-state index in [1.807, 2.05) is 48.5 Å². The number of ether oxygens (including phenoxy) is 1. The molecule has 0 bridgehead atoms. The largest absolute Gasteiger partial charge is 0.475 e. The van der Waals surface area contributed by atoms with Crippen molar-refractivity contribution >= 4 is 11.6 Å². The van der Waals surface area contributed by atoms with Crippen LogP contribution < -0.4 is 10.1 Å². The Labute approximate surface area is 155 Å². The number of carbonyl (C=O) groups excluding carboxylic acids is 1. The van der Waals surface area contributed by atoms with Crippen LogP contribution in [0.3, 0.4) is 0 Å². The molecular weight excluding hydrogens is 342 g/mol. The van der Waals surface area contributed by atoms with Crippen LogP contribution in [0.15, 0.2) is 72.8 Å². The molecule has 4 rings (SSSR count). The van der Waals surface area contributed by atoms with E-state index in [9.17, 15) is 4.79 Å². The molecule has 0 aliphatic heterocycles. The number of aromatic nitrogens is 4. The molecule has 0 unspecified atom stereocenters. The summed E-state index contributed by atoms with van der Waals surface area (Å²) in [5, 5.41) is 15.6. The minimum Gasteiger partial charge on any atom is -0.475 e. The maximum atomic E-state index is 12.0. The highest BCUT2D eigenvalue weighted by Crippen LogP contribution is 2.18. The van der Waals surface area contributed by atoms with E-state index in [2.05, 4.69) is 20.6 Å². The van der Waals surface area contributed by atoms with Crippen molar-refractivity contribution in [1.29, 1.82) is 0 Å². The number of fused-ring (bicyclic) bond motifs is 1. The van der Waals surface area contributed by atoms with Crippen molar-refractivity contribution in [2.24, 2.45) is 0 Å². The van der Waals surface area contributed by atoms with Crippen molar-refractivity contribution in [3.63, 3.8) is 0 Å². The van der Waals surface area contributed by atoms with E-state index < -0.39 is 0 Å². The molecule has 7 nitrogen and oxygen atoms in total. The fraction of sp³-hybridized carbons (Fsp3) is 0.100. The zero-order chi connectivity index (χ0) is 18.5. The maximum absolute atomic E-state index is 12.0. The van der Waals surface area contributed by atoms with Gasteiger partial charge in [0.25, 0.3) is 5.91 Å². The van der Waals surface area contributed by atoms with Crippen LogP contribution in [0, 0.1) is 0 Å². The van der Waals surface area contributed by atoms with Crippen molar-refractivity contribution < 1.29 is 9.53 Å². The number of benzene rings is 2. The number of carbonyl (C=O) groups is 1. The molecule has 0 spiro atoms. The average molecular weight is 359 g/mol. The molecule has 0 radical (unpaired) electrons. The standard InChI is InChI=1S/C20H17N5O2/c26-20(16-9-5-2-6-10-16)21-13-14-27-18-12-11-17-22-23-19(25(17)24-18)15-7-3-1-4-8-15/h1-12H,13-14H2,(H,21,26). The molecule has 0 saturated carbocycles. The first-order valence-electron chi connectivity index (χ1n) is 8.55. The van der Waals surface area contributed by atoms with Gasteiger partial charge in [0.05, 0.1) is 6.54 Å². The van der Waals surface area contributed by atoms with Crippen molar-refractivity contribution in [3.8, 4) is 17.3 Å². The number of hydrogen-bond acceptors (Lipinski definition) is 5. The van der Waals surface area contributed by atoms with Gasteiger partial charge in [0.15, 0.2) is 11.5 Å². The van der Waals surface area contributed by atoms with E-state index in [1.165, 1.54) is 0 Å². The number of nitrogens with zero attached hydrogens (tertiary/aromatic N) is 4. The summed E-state index contributed by atoms with van der Waals surface area (Å²) >= 11 is 0. The van der Waals surface area contributed by atoms with E-state index in [0.29, 0.717) is 36.1 Å². The molecule has 0 aliphatic carbocycles. The van der Waals surface area contributed by atoms with Gasteiger partial charge < -0.3 is 10.1 Å². The van der Waals surface area contributed by atoms with Crippen LogP contribution in [0.1, 0.15) is 10.4 Å². The highest BCUT2D eigenvalue weighted by Gasteiger charge is 2.10. The lowest BCUT2D eigenvalue weighted by atomic mass is 10.2. The van der Waals surface area contributed by atoms with Gasteiger partial charge in [-0.2, -0.15) is 4.52 Å². The van der Waals surface area contributed by atoms with E-state index in [0.717, 1.165) is 5.56 Å². The smallest absolute Gasteiger partial charge is 0.251 e. The monoisotopic (exact) mass is 359 g/mol. The Balaban J connectivity index is 1.40. The highest BCUT2D eigenvalue weighted by molar-refractivity contribution is 5.94. The zero-order valence-electron chi connectivity index (χ0n) is 14.4. The molecular formula is C20H17N5O2. The lowest BCUT2D eigenvalue weighted by Crippen LogP contribution is -2.28. The molecule has 7 heteroatoms. The third kappa shape index (κ3) is 3.77. The summed E-state index contributed by atoms with van der Waals surface area (Å²) in [6.45, 7) is 0.682. The highest BCUT2D eigenvalue weighted by atomic mass is 16.5. The van der Waals surface area contributed by atoms with Crippen molar-refractivity contribution in [2.45, 2.75) is 0 Å². The van der Waals surface area contributed by atoms with E-state index >= 15 is 0 Å². The number of hydrogen-bond donors (Lipinski definition) is 1. The predicted molar refractivity (Wildman–Crippen MR) is 100 cm³/mol. The number of nitrogens with one attached hydrogen (secondary N) is 1. The second kappa shape index (κ2) is 7.65.